The first-order valence-corrected chi connectivity index (χ1v) is 5.91. The van der Waals surface area contributed by atoms with Gasteiger partial charge in [-0.3, -0.25) is 4.79 Å². The van der Waals surface area contributed by atoms with Gasteiger partial charge in [-0.25, -0.2) is 0 Å². The Morgan fingerprint density at radius 3 is 2.64 bits per heavy atom. The lowest BCUT2D eigenvalue weighted by Crippen LogP contribution is -2.41. The number of carboxylic acid groups (broad SMARTS) is 1. The fourth-order valence-corrected chi connectivity index (χ4v) is 3.34. The highest BCUT2D eigenvalue weighted by molar-refractivity contribution is 9.11. The van der Waals surface area contributed by atoms with Crippen molar-refractivity contribution < 1.29 is 9.90 Å². The number of carboxylic acids is 1. The van der Waals surface area contributed by atoms with E-state index < -0.39 is 12.0 Å². The SMILES string of the molecule is NC(C(=O)O)C1(c2ccc(Br)s2)CC1. The number of carbonyl (C=O) groups is 1. The summed E-state index contributed by atoms with van der Waals surface area (Å²) in [5.41, 5.74) is 5.40. The van der Waals surface area contributed by atoms with Crippen molar-refractivity contribution in [2.75, 3.05) is 0 Å². The van der Waals surface area contributed by atoms with E-state index in [1.54, 1.807) is 11.3 Å². The second-order valence-corrected chi connectivity index (χ2v) is 6.04. The fraction of sp³-hybridized carbons (Fsp3) is 0.444. The third kappa shape index (κ3) is 1.49. The van der Waals surface area contributed by atoms with Crippen molar-refractivity contribution in [1.82, 2.24) is 0 Å². The minimum Gasteiger partial charge on any atom is -0.480 e. The summed E-state index contributed by atoms with van der Waals surface area (Å²) in [5, 5.41) is 8.89. The Hall–Kier alpha value is -0.390. The van der Waals surface area contributed by atoms with Crippen LogP contribution in [0.5, 0.6) is 0 Å². The largest absolute Gasteiger partial charge is 0.480 e. The van der Waals surface area contributed by atoms with Crippen LogP contribution in [-0.4, -0.2) is 17.1 Å². The van der Waals surface area contributed by atoms with Gasteiger partial charge in [-0.15, -0.1) is 11.3 Å². The van der Waals surface area contributed by atoms with E-state index in [0.29, 0.717) is 0 Å². The molecule has 3 N–H and O–H groups in total. The molecular formula is C9H10BrNO2S. The minimum absolute atomic E-state index is 0.289. The molecule has 2 rings (SSSR count). The third-order valence-corrected chi connectivity index (χ3v) is 4.56. The lowest BCUT2D eigenvalue weighted by Gasteiger charge is -2.17. The van der Waals surface area contributed by atoms with Gasteiger partial charge in [-0.2, -0.15) is 0 Å². The maximum Gasteiger partial charge on any atom is 0.321 e. The molecule has 0 amide bonds. The second kappa shape index (κ2) is 3.32. The second-order valence-electron chi connectivity index (χ2n) is 3.58. The summed E-state index contributed by atoms with van der Waals surface area (Å²) >= 11 is 4.95. The molecule has 1 aliphatic carbocycles. The van der Waals surface area contributed by atoms with Crippen molar-refractivity contribution in [3.63, 3.8) is 0 Å². The molecule has 5 heteroatoms. The van der Waals surface area contributed by atoms with E-state index in [2.05, 4.69) is 15.9 Å². The lowest BCUT2D eigenvalue weighted by atomic mass is 9.95. The average Bonchev–Trinajstić information content (AvgIpc) is 2.83. The molecule has 14 heavy (non-hydrogen) atoms. The zero-order valence-electron chi connectivity index (χ0n) is 7.37. The van der Waals surface area contributed by atoms with Gasteiger partial charge in [0.15, 0.2) is 0 Å². The van der Waals surface area contributed by atoms with Crippen molar-refractivity contribution in [1.29, 1.82) is 0 Å². The molecule has 1 saturated carbocycles. The number of thiophene rings is 1. The summed E-state index contributed by atoms with van der Waals surface area (Å²) in [6.45, 7) is 0. The van der Waals surface area contributed by atoms with Gasteiger partial charge in [-0.05, 0) is 40.9 Å². The van der Waals surface area contributed by atoms with Gasteiger partial charge in [0.1, 0.15) is 6.04 Å². The normalized spacial score (nSPS) is 20.4. The van der Waals surface area contributed by atoms with Gasteiger partial charge in [0.05, 0.1) is 3.79 Å². The molecule has 1 heterocycles. The van der Waals surface area contributed by atoms with Crippen LogP contribution in [0.3, 0.4) is 0 Å². The fourth-order valence-electron chi connectivity index (χ4n) is 1.66. The van der Waals surface area contributed by atoms with E-state index in [-0.39, 0.29) is 5.41 Å². The Bertz CT molecular complexity index is 373. The van der Waals surface area contributed by atoms with Crippen LogP contribution in [0.4, 0.5) is 0 Å². The first kappa shape index (κ1) is 10.1. The van der Waals surface area contributed by atoms with E-state index >= 15 is 0 Å². The van der Waals surface area contributed by atoms with E-state index in [4.69, 9.17) is 10.8 Å². The topological polar surface area (TPSA) is 63.3 Å². The predicted molar refractivity (Wildman–Crippen MR) is 58.5 cm³/mol. The maximum atomic E-state index is 10.8. The van der Waals surface area contributed by atoms with Gasteiger partial charge in [0, 0.05) is 10.3 Å². The minimum atomic E-state index is -0.910. The monoisotopic (exact) mass is 275 g/mol. The van der Waals surface area contributed by atoms with Crippen LogP contribution in [-0.2, 0) is 10.2 Å². The molecule has 1 unspecified atom stereocenters. The summed E-state index contributed by atoms with van der Waals surface area (Å²) in [4.78, 5) is 11.9. The first-order chi connectivity index (χ1) is 6.56. The van der Waals surface area contributed by atoms with Crippen LogP contribution in [0.25, 0.3) is 0 Å². The van der Waals surface area contributed by atoms with Crippen molar-refractivity contribution in [3.05, 3.63) is 20.8 Å². The molecule has 1 aromatic heterocycles. The van der Waals surface area contributed by atoms with Crippen LogP contribution >= 0.6 is 27.3 Å². The number of halogens is 1. The Labute approximate surface area is 94.1 Å². The summed E-state index contributed by atoms with van der Waals surface area (Å²) in [6, 6.07) is 3.13. The average molecular weight is 276 g/mol. The van der Waals surface area contributed by atoms with Gasteiger partial charge >= 0.3 is 5.97 Å². The number of rotatable bonds is 3. The molecule has 3 nitrogen and oxygen atoms in total. The summed E-state index contributed by atoms with van der Waals surface area (Å²) in [7, 11) is 0. The molecule has 0 spiro atoms. The first-order valence-electron chi connectivity index (χ1n) is 4.30. The maximum absolute atomic E-state index is 10.8. The highest BCUT2D eigenvalue weighted by Crippen LogP contribution is 2.53. The quantitative estimate of drug-likeness (QED) is 0.887. The zero-order chi connectivity index (χ0) is 10.3. The number of nitrogens with two attached hydrogens (primary N) is 1. The van der Waals surface area contributed by atoms with Crippen molar-refractivity contribution in [3.8, 4) is 0 Å². The number of aliphatic carboxylic acids is 1. The Balaban J connectivity index is 2.29. The standard InChI is InChI=1S/C9H10BrNO2S/c10-6-2-1-5(14-6)9(3-4-9)7(11)8(12)13/h1-2,7H,3-4,11H2,(H,12,13). The Morgan fingerprint density at radius 2 is 2.29 bits per heavy atom. The molecule has 0 aromatic carbocycles. The molecule has 0 radical (unpaired) electrons. The van der Waals surface area contributed by atoms with Crippen LogP contribution in [0.15, 0.2) is 15.9 Å². The molecular weight excluding hydrogens is 266 g/mol. The van der Waals surface area contributed by atoms with E-state index in [1.165, 1.54) is 0 Å². The van der Waals surface area contributed by atoms with Gasteiger partial charge in [0.2, 0.25) is 0 Å². The molecule has 0 saturated heterocycles. The van der Waals surface area contributed by atoms with E-state index in [1.807, 2.05) is 12.1 Å². The van der Waals surface area contributed by atoms with E-state index in [9.17, 15) is 4.79 Å². The van der Waals surface area contributed by atoms with E-state index in [0.717, 1.165) is 21.5 Å². The third-order valence-electron chi connectivity index (χ3n) is 2.71. The molecule has 0 bridgehead atoms. The molecule has 1 atom stereocenters. The van der Waals surface area contributed by atoms with Crippen molar-refractivity contribution >= 4 is 33.2 Å². The van der Waals surface area contributed by atoms with Gasteiger partial charge in [-0.1, -0.05) is 0 Å². The molecule has 76 valence electrons. The number of hydrogen-bond donors (Lipinski definition) is 2. The van der Waals surface area contributed by atoms with Crippen LogP contribution in [0.2, 0.25) is 0 Å². The van der Waals surface area contributed by atoms with Crippen LogP contribution in [0.1, 0.15) is 17.7 Å². The molecule has 1 aliphatic rings. The Kier molecular flexibility index (Phi) is 2.41. The number of hydrogen-bond acceptors (Lipinski definition) is 3. The smallest absolute Gasteiger partial charge is 0.321 e. The summed E-state index contributed by atoms with van der Waals surface area (Å²) < 4.78 is 1.02. The van der Waals surface area contributed by atoms with Crippen molar-refractivity contribution in [2.45, 2.75) is 24.3 Å². The molecule has 1 fully saturated rings. The van der Waals surface area contributed by atoms with Gasteiger partial charge < -0.3 is 10.8 Å². The summed E-state index contributed by atoms with van der Waals surface area (Å²) in [5.74, 6) is -0.910. The predicted octanol–water partition coefficient (Wildman–Crippen LogP) is 1.95. The molecule has 1 aromatic rings. The zero-order valence-corrected chi connectivity index (χ0v) is 9.77. The van der Waals surface area contributed by atoms with Crippen molar-refractivity contribution in [2.24, 2.45) is 5.73 Å². The van der Waals surface area contributed by atoms with Crippen LogP contribution in [0, 0.1) is 0 Å². The Morgan fingerprint density at radius 1 is 1.64 bits per heavy atom. The summed E-state index contributed by atoms with van der Waals surface area (Å²) in [6.07, 6.45) is 1.76. The lowest BCUT2D eigenvalue weighted by molar-refractivity contribution is -0.139. The highest BCUT2D eigenvalue weighted by atomic mass is 79.9. The van der Waals surface area contributed by atoms with Gasteiger partial charge in [0.25, 0.3) is 0 Å². The molecule has 0 aliphatic heterocycles. The highest BCUT2D eigenvalue weighted by Gasteiger charge is 2.53. The van der Waals surface area contributed by atoms with Crippen LogP contribution < -0.4 is 5.73 Å².